The molecular formula is C12H11BrO2S. The van der Waals surface area contributed by atoms with Crippen LogP contribution in [0.2, 0.25) is 0 Å². The highest BCUT2D eigenvalue weighted by molar-refractivity contribution is 9.10. The van der Waals surface area contributed by atoms with Crippen LogP contribution < -0.4 is 4.74 Å². The van der Waals surface area contributed by atoms with Crippen molar-refractivity contribution >= 4 is 27.3 Å². The van der Waals surface area contributed by atoms with Crippen molar-refractivity contribution in [2.24, 2.45) is 0 Å². The maximum atomic E-state index is 9.20. The quantitative estimate of drug-likeness (QED) is 0.935. The minimum atomic E-state index is -0.0147. The Morgan fingerprint density at radius 2 is 2.19 bits per heavy atom. The van der Waals surface area contributed by atoms with Crippen molar-refractivity contribution < 1.29 is 9.84 Å². The summed E-state index contributed by atoms with van der Waals surface area (Å²) in [5.41, 5.74) is 0.797. The molecular weight excluding hydrogens is 288 g/mol. The van der Waals surface area contributed by atoms with Gasteiger partial charge in [0, 0.05) is 14.9 Å². The highest BCUT2D eigenvalue weighted by Gasteiger charge is 2.04. The van der Waals surface area contributed by atoms with Crippen LogP contribution in [0.3, 0.4) is 0 Å². The van der Waals surface area contributed by atoms with Gasteiger partial charge in [-0.05, 0) is 29.6 Å². The Kier molecular flexibility index (Phi) is 3.98. The normalized spacial score (nSPS) is 10.4. The summed E-state index contributed by atoms with van der Waals surface area (Å²) in [6.45, 7) is 0.533. The molecule has 0 aliphatic rings. The van der Waals surface area contributed by atoms with E-state index >= 15 is 0 Å². The first kappa shape index (κ1) is 11.6. The zero-order valence-electron chi connectivity index (χ0n) is 8.52. The molecule has 0 unspecified atom stereocenters. The van der Waals surface area contributed by atoms with Gasteiger partial charge in [0.05, 0.1) is 6.61 Å². The number of ether oxygens (including phenoxy) is 1. The van der Waals surface area contributed by atoms with Gasteiger partial charge in [-0.25, -0.2) is 0 Å². The van der Waals surface area contributed by atoms with Crippen LogP contribution >= 0.6 is 27.3 Å². The summed E-state index contributed by atoms with van der Waals surface area (Å²) in [4.78, 5) is 1.17. The lowest BCUT2D eigenvalue weighted by Crippen LogP contribution is -1.97. The Labute approximate surface area is 107 Å². The van der Waals surface area contributed by atoms with E-state index < -0.39 is 0 Å². The van der Waals surface area contributed by atoms with Crippen LogP contribution in [0.15, 0.2) is 40.2 Å². The smallest absolute Gasteiger partial charge is 0.125 e. The van der Waals surface area contributed by atoms with Crippen molar-refractivity contribution in [2.75, 3.05) is 0 Å². The number of rotatable bonds is 4. The lowest BCUT2D eigenvalue weighted by Gasteiger charge is -2.09. The molecule has 16 heavy (non-hydrogen) atoms. The molecule has 0 atom stereocenters. The first-order valence-corrected chi connectivity index (χ1v) is 6.51. The number of thiophene rings is 1. The standard InChI is InChI=1S/C12H11BrO2S/c13-10-3-4-12(9(6-10)7-14)15-8-11-2-1-5-16-11/h1-6,14H,7-8H2. The zero-order valence-corrected chi connectivity index (χ0v) is 10.9. The molecule has 2 nitrogen and oxygen atoms in total. The molecule has 0 bridgehead atoms. The Hall–Kier alpha value is -0.840. The number of hydrogen-bond acceptors (Lipinski definition) is 3. The van der Waals surface area contributed by atoms with Gasteiger partial charge < -0.3 is 9.84 Å². The van der Waals surface area contributed by atoms with Crippen molar-refractivity contribution in [3.63, 3.8) is 0 Å². The Morgan fingerprint density at radius 1 is 1.31 bits per heavy atom. The fraction of sp³-hybridized carbons (Fsp3) is 0.167. The van der Waals surface area contributed by atoms with Crippen molar-refractivity contribution in [3.8, 4) is 5.75 Å². The van der Waals surface area contributed by atoms with Gasteiger partial charge in [0.25, 0.3) is 0 Å². The number of benzene rings is 1. The molecule has 84 valence electrons. The van der Waals surface area contributed by atoms with E-state index in [4.69, 9.17) is 4.74 Å². The van der Waals surface area contributed by atoms with Crippen LogP contribution in [0.5, 0.6) is 5.75 Å². The summed E-state index contributed by atoms with van der Waals surface area (Å²) in [6, 6.07) is 9.66. The van der Waals surface area contributed by atoms with Crippen LogP contribution in [0.4, 0.5) is 0 Å². The van der Waals surface area contributed by atoms with Crippen molar-refractivity contribution in [1.29, 1.82) is 0 Å². The van der Waals surface area contributed by atoms with E-state index in [1.165, 1.54) is 4.88 Å². The highest BCUT2D eigenvalue weighted by atomic mass is 79.9. The number of halogens is 1. The summed E-state index contributed by atoms with van der Waals surface area (Å²) < 4.78 is 6.60. The van der Waals surface area contributed by atoms with Gasteiger partial charge in [0.2, 0.25) is 0 Å². The molecule has 0 aliphatic heterocycles. The van der Waals surface area contributed by atoms with Crippen molar-refractivity contribution in [3.05, 3.63) is 50.6 Å². The number of aliphatic hydroxyl groups is 1. The van der Waals surface area contributed by atoms with Gasteiger partial charge in [0.1, 0.15) is 12.4 Å². The number of hydrogen-bond donors (Lipinski definition) is 1. The third-order valence-corrected chi connectivity index (χ3v) is 3.49. The van der Waals surface area contributed by atoms with E-state index in [2.05, 4.69) is 15.9 Å². The number of aliphatic hydroxyl groups excluding tert-OH is 1. The van der Waals surface area contributed by atoms with E-state index in [1.54, 1.807) is 11.3 Å². The van der Waals surface area contributed by atoms with E-state index in [9.17, 15) is 5.11 Å². The molecule has 0 aliphatic carbocycles. The second-order valence-corrected chi connectivity index (χ2v) is 5.23. The fourth-order valence-corrected chi connectivity index (χ4v) is 2.38. The van der Waals surface area contributed by atoms with E-state index in [-0.39, 0.29) is 6.61 Å². The summed E-state index contributed by atoms with van der Waals surface area (Å²) in [5, 5.41) is 11.2. The minimum absolute atomic E-state index is 0.0147. The molecule has 0 radical (unpaired) electrons. The van der Waals surface area contributed by atoms with Crippen LogP contribution in [0.25, 0.3) is 0 Å². The molecule has 0 saturated carbocycles. The maximum Gasteiger partial charge on any atom is 0.125 e. The molecule has 1 aromatic carbocycles. The highest BCUT2D eigenvalue weighted by Crippen LogP contribution is 2.24. The molecule has 1 heterocycles. The van der Waals surface area contributed by atoms with Gasteiger partial charge >= 0.3 is 0 Å². The van der Waals surface area contributed by atoms with E-state index in [1.807, 2.05) is 35.7 Å². The largest absolute Gasteiger partial charge is 0.488 e. The third kappa shape index (κ3) is 2.84. The van der Waals surface area contributed by atoms with Crippen LogP contribution in [-0.4, -0.2) is 5.11 Å². The summed E-state index contributed by atoms with van der Waals surface area (Å²) in [5.74, 6) is 0.735. The predicted molar refractivity (Wildman–Crippen MR) is 68.7 cm³/mol. The summed E-state index contributed by atoms with van der Waals surface area (Å²) >= 11 is 5.02. The van der Waals surface area contributed by atoms with Gasteiger partial charge in [-0.15, -0.1) is 11.3 Å². The predicted octanol–water partition coefficient (Wildman–Crippen LogP) is 3.58. The Balaban J connectivity index is 2.09. The van der Waals surface area contributed by atoms with E-state index in [0.29, 0.717) is 6.61 Å². The Morgan fingerprint density at radius 3 is 2.88 bits per heavy atom. The van der Waals surface area contributed by atoms with Crippen LogP contribution in [-0.2, 0) is 13.2 Å². The first-order valence-electron chi connectivity index (χ1n) is 4.84. The van der Waals surface area contributed by atoms with Crippen molar-refractivity contribution in [2.45, 2.75) is 13.2 Å². The van der Waals surface area contributed by atoms with Gasteiger partial charge in [-0.2, -0.15) is 0 Å². The molecule has 1 N–H and O–H groups in total. The van der Waals surface area contributed by atoms with Gasteiger partial charge in [-0.1, -0.05) is 22.0 Å². The van der Waals surface area contributed by atoms with Gasteiger partial charge in [0.15, 0.2) is 0 Å². The lowest BCUT2D eigenvalue weighted by molar-refractivity contribution is 0.260. The first-order chi connectivity index (χ1) is 7.79. The SMILES string of the molecule is OCc1cc(Br)ccc1OCc1cccs1. The molecule has 1 aromatic heterocycles. The molecule has 4 heteroatoms. The Bertz CT molecular complexity index is 454. The van der Waals surface area contributed by atoms with Crippen LogP contribution in [0.1, 0.15) is 10.4 Å². The van der Waals surface area contributed by atoms with E-state index in [0.717, 1.165) is 15.8 Å². The van der Waals surface area contributed by atoms with Crippen LogP contribution in [0, 0.1) is 0 Å². The average molecular weight is 299 g/mol. The molecule has 2 rings (SSSR count). The third-order valence-electron chi connectivity index (χ3n) is 2.14. The molecule has 0 spiro atoms. The fourth-order valence-electron chi connectivity index (χ4n) is 1.36. The molecule has 0 amide bonds. The molecule has 0 saturated heterocycles. The summed E-state index contributed by atoms with van der Waals surface area (Å²) in [7, 11) is 0. The lowest BCUT2D eigenvalue weighted by atomic mass is 10.2. The minimum Gasteiger partial charge on any atom is -0.488 e. The van der Waals surface area contributed by atoms with Gasteiger partial charge in [-0.3, -0.25) is 0 Å². The molecule has 2 aromatic rings. The average Bonchev–Trinajstić information content (AvgIpc) is 2.80. The monoisotopic (exact) mass is 298 g/mol. The second kappa shape index (κ2) is 5.48. The maximum absolute atomic E-state index is 9.20. The van der Waals surface area contributed by atoms with Crippen molar-refractivity contribution in [1.82, 2.24) is 0 Å². The second-order valence-electron chi connectivity index (χ2n) is 3.28. The molecule has 0 fully saturated rings. The zero-order chi connectivity index (χ0) is 11.4. The topological polar surface area (TPSA) is 29.5 Å². The summed E-state index contributed by atoms with van der Waals surface area (Å²) in [6.07, 6.45) is 0.